The highest BCUT2D eigenvalue weighted by Gasteiger charge is 2.04. The van der Waals surface area contributed by atoms with Crippen molar-refractivity contribution >= 4 is 38.3 Å². The Labute approximate surface area is 109 Å². The minimum Gasteiger partial charge on any atom is -0.370 e. The lowest BCUT2D eigenvalue weighted by Crippen LogP contribution is -2.22. The Balaban J connectivity index is 2.48. The zero-order valence-corrected chi connectivity index (χ0v) is 11.2. The largest absolute Gasteiger partial charge is 0.370 e. The Hall–Kier alpha value is -1.55. The van der Waals surface area contributed by atoms with Gasteiger partial charge in [-0.2, -0.15) is 0 Å². The molecular formula is C13H14BrN3. The molecule has 0 heterocycles. The van der Waals surface area contributed by atoms with Gasteiger partial charge in [-0.1, -0.05) is 40.2 Å². The van der Waals surface area contributed by atoms with Crippen molar-refractivity contribution in [2.75, 3.05) is 11.9 Å². The van der Waals surface area contributed by atoms with Crippen molar-refractivity contribution in [1.82, 2.24) is 0 Å². The first-order valence-corrected chi connectivity index (χ1v) is 6.26. The summed E-state index contributed by atoms with van der Waals surface area (Å²) in [5.74, 6) is 0.444. The molecule has 0 unspecified atom stereocenters. The number of halogens is 1. The highest BCUT2D eigenvalue weighted by molar-refractivity contribution is 9.10. The lowest BCUT2D eigenvalue weighted by atomic mass is 10.1. The van der Waals surface area contributed by atoms with E-state index in [1.807, 2.05) is 31.2 Å². The van der Waals surface area contributed by atoms with Gasteiger partial charge in [-0.3, -0.25) is 4.99 Å². The van der Waals surface area contributed by atoms with E-state index < -0.39 is 0 Å². The van der Waals surface area contributed by atoms with Crippen molar-refractivity contribution in [1.29, 1.82) is 0 Å². The van der Waals surface area contributed by atoms with Crippen molar-refractivity contribution < 1.29 is 0 Å². The van der Waals surface area contributed by atoms with Gasteiger partial charge in [-0.25, -0.2) is 0 Å². The van der Waals surface area contributed by atoms with E-state index in [1.165, 1.54) is 0 Å². The normalized spacial score (nSPS) is 11.8. The van der Waals surface area contributed by atoms with E-state index in [0.29, 0.717) is 12.5 Å². The van der Waals surface area contributed by atoms with E-state index in [2.05, 4.69) is 38.4 Å². The number of aliphatic imine (C=N–C) groups is 1. The number of nitrogens with two attached hydrogens (primary N) is 1. The average Bonchev–Trinajstić information content (AvgIpc) is 2.34. The number of hydrogen-bond acceptors (Lipinski definition) is 1. The maximum absolute atomic E-state index is 5.77. The van der Waals surface area contributed by atoms with Crippen LogP contribution in [0.15, 0.2) is 45.9 Å². The Morgan fingerprint density at radius 3 is 2.65 bits per heavy atom. The number of nitrogens with one attached hydrogen (secondary N) is 1. The zero-order valence-electron chi connectivity index (χ0n) is 9.57. The molecular weight excluding hydrogens is 278 g/mol. The van der Waals surface area contributed by atoms with Crippen LogP contribution in [0.4, 0.5) is 5.69 Å². The van der Waals surface area contributed by atoms with Crippen molar-refractivity contribution in [2.24, 2.45) is 10.7 Å². The summed E-state index contributed by atoms with van der Waals surface area (Å²) in [5, 5.41) is 5.40. The third kappa shape index (κ3) is 2.58. The molecule has 2 aromatic carbocycles. The molecule has 0 bridgehead atoms. The molecule has 17 heavy (non-hydrogen) atoms. The standard InChI is InChI=1S/C13H14BrN3/c1-2-16-13(15)17-12-8-7-11(14)9-5-3-4-6-10(9)12/h3-8H,2H2,1H3,(H3,15,16,17). The summed E-state index contributed by atoms with van der Waals surface area (Å²) in [6.45, 7) is 2.63. The first-order chi connectivity index (χ1) is 8.22. The molecule has 4 heteroatoms. The number of anilines is 1. The van der Waals surface area contributed by atoms with Crippen molar-refractivity contribution in [3.63, 3.8) is 0 Å². The molecule has 0 saturated heterocycles. The van der Waals surface area contributed by atoms with Crippen LogP contribution in [0.3, 0.4) is 0 Å². The van der Waals surface area contributed by atoms with E-state index in [1.54, 1.807) is 0 Å². The monoisotopic (exact) mass is 291 g/mol. The van der Waals surface area contributed by atoms with Gasteiger partial charge in [0.15, 0.2) is 5.96 Å². The van der Waals surface area contributed by atoms with Crippen molar-refractivity contribution in [2.45, 2.75) is 6.92 Å². The molecule has 3 nitrogen and oxygen atoms in total. The van der Waals surface area contributed by atoms with Crippen LogP contribution in [0, 0.1) is 0 Å². The maximum atomic E-state index is 5.77. The van der Waals surface area contributed by atoms with Gasteiger partial charge in [0.05, 0.1) is 0 Å². The van der Waals surface area contributed by atoms with E-state index >= 15 is 0 Å². The smallest absolute Gasteiger partial charge is 0.193 e. The summed E-state index contributed by atoms with van der Waals surface area (Å²) in [4.78, 5) is 4.12. The van der Waals surface area contributed by atoms with Crippen LogP contribution in [0.1, 0.15) is 6.92 Å². The third-order valence-corrected chi connectivity index (χ3v) is 3.15. The molecule has 0 spiro atoms. The minimum atomic E-state index is 0.444. The number of guanidine groups is 1. The first kappa shape index (κ1) is 11.9. The second-order valence-electron chi connectivity index (χ2n) is 3.63. The molecule has 2 aromatic rings. The highest BCUT2D eigenvalue weighted by atomic mass is 79.9. The Morgan fingerprint density at radius 1 is 1.24 bits per heavy atom. The number of fused-ring (bicyclic) bond motifs is 1. The second kappa shape index (κ2) is 5.19. The molecule has 0 radical (unpaired) electrons. The molecule has 0 saturated carbocycles. The quantitative estimate of drug-likeness (QED) is 0.659. The van der Waals surface area contributed by atoms with Crippen LogP contribution in [-0.4, -0.2) is 12.5 Å². The van der Waals surface area contributed by atoms with Crippen LogP contribution < -0.4 is 11.1 Å². The molecule has 0 aliphatic rings. The Kier molecular flexibility index (Phi) is 3.64. The minimum absolute atomic E-state index is 0.444. The predicted octanol–water partition coefficient (Wildman–Crippen LogP) is 3.35. The number of nitrogens with zero attached hydrogens (tertiary/aromatic N) is 1. The fourth-order valence-electron chi connectivity index (χ4n) is 1.72. The Morgan fingerprint density at radius 2 is 1.94 bits per heavy atom. The molecule has 0 aliphatic carbocycles. The number of benzene rings is 2. The van der Waals surface area contributed by atoms with Gasteiger partial charge >= 0.3 is 0 Å². The molecule has 0 atom stereocenters. The second-order valence-corrected chi connectivity index (χ2v) is 4.48. The fourth-order valence-corrected chi connectivity index (χ4v) is 2.20. The van der Waals surface area contributed by atoms with Crippen LogP contribution in [-0.2, 0) is 0 Å². The highest BCUT2D eigenvalue weighted by Crippen LogP contribution is 2.29. The maximum Gasteiger partial charge on any atom is 0.193 e. The van der Waals surface area contributed by atoms with Gasteiger partial charge in [0.2, 0.25) is 0 Å². The molecule has 3 N–H and O–H groups in total. The summed E-state index contributed by atoms with van der Waals surface area (Å²) < 4.78 is 1.07. The van der Waals surface area contributed by atoms with Gasteiger partial charge in [-0.05, 0) is 24.4 Å². The van der Waals surface area contributed by atoms with Gasteiger partial charge < -0.3 is 11.1 Å². The first-order valence-electron chi connectivity index (χ1n) is 5.46. The summed E-state index contributed by atoms with van der Waals surface area (Å²) in [5.41, 5.74) is 6.74. The van der Waals surface area contributed by atoms with Crippen LogP contribution >= 0.6 is 15.9 Å². The third-order valence-electron chi connectivity index (χ3n) is 2.46. The van der Waals surface area contributed by atoms with Crippen molar-refractivity contribution in [3.05, 3.63) is 40.9 Å². The Bertz CT molecular complexity index is 564. The van der Waals surface area contributed by atoms with Crippen molar-refractivity contribution in [3.8, 4) is 0 Å². The lowest BCUT2D eigenvalue weighted by Gasteiger charge is -2.10. The molecule has 0 aromatic heterocycles. The van der Waals surface area contributed by atoms with Gasteiger partial charge in [-0.15, -0.1) is 0 Å². The van der Waals surface area contributed by atoms with Gasteiger partial charge in [0, 0.05) is 22.1 Å². The van der Waals surface area contributed by atoms with E-state index in [-0.39, 0.29) is 0 Å². The van der Waals surface area contributed by atoms with Gasteiger partial charge in [0.1, 0.15) is 0 Å². The summed E-state index contributed by atoms with van der Waals surface area (Å²) >= 11 is 3.54. The van der Waals surface area contributed by atoms with Crippen LogP contribution in [0.5, 0.6) is 0 Å². The predicted molar refractivity (Wildman–Crippen MR) is 77.4 cm³/mol. The van der Waals surface area contributed by atoms with E-state index in [4.69, 9.17) is 5.73 Å². The summed E-state index contributed by atoms with van der Waals surface area (Å²) in [6, 6.07) is 12.1. The van der Waals surface area contributed by atoms with E-state index in [9.17, 15) is 0 Å². The van der Waals surface area contributed by atoms with Crippen LogP contribution in [0.2, 0.25) is 0 Å². The topological polar surface area (TPSA) is 50.4 Å². The zero-order chi connectivity index (χ0) is 12.3. The molecule has 0 aliphatic heterocycles. The molecule has 2 rings (SSSR count). The fraction of sp³-hybridized carbons (Fsp3) is 0.154. The SMILES string of the molecule is CCN=C(N)Nc1ccc(Br)c2ccccc12. The molecule has 88 valence electrons. The number of hydrogen-bond donors (Lipinski definition) is 2. The van der Waals surface area contributed by atoms with Crippen LogP contribution in [0.25, 0.3) is 10.8 Å². The molecule has 0 fully saturated rings. The lowest BCUT2D eigenvalue weighted by molar-refractivity contribution is 1.12. The van der Waals surface area contributed by atoms with Gasteiger partial charge in [0.25, 0.3) is 0 Å². The van der Waals surface area contributed by atoms with E-state index in [0.717, 1.165) is 20.9 Å². The number of rotatable bonds is 2. The molecule has 0 amide bonds. The summed E-state index contributed by atoms with van der Waals surface area (Å²) in [7, 11) is 0. The average molecular weight is 292 g/mol. The summed E-state index contributed by atoms with van der Waals surface area (Å²) in [6.07, 6.45) is 0.